The molecule has 1 aliphatic rings. The molecule has 0 fully saturated rings. The summed E-state index contributed by atoms with van der Waals surface area (Å²) in [4.78, 5) is 11.6. The molecule has 0 bridgehead atoms. The molecule has 3 nitrogen and oxygen atoms in total. The van der Waals surface area contributed by atoms with E-state index in [1.807, 2.05) is 25.1 Å². The lowest BCUT2D eigenvalue weighted by molar-refractivity contribution is -0.145. The third-order valence-corrected chi connectivity index (χ3v) is 3.09. The van der Waals surface area contributed by atoms with Gasteiger partial charge in [0.1, 0.15) is 6.04 Å². The molecule has 0 saturated carbocycles. The highest BCUT2D eigenvalue weighted by Crippen LogP contribution is 2.25. The van der Waals surface area contributed by atoms with Crippen molar-refractivity contribution in [1.82, 2.24) is 5.32 Å². The Hall–Kier alpha value is -1.06. The molecular weight excluding hydrogens is 226 g/mol. The van der Waals surface area contributed by atoms with Gasteiger partial charge >= 0.3 is 5.97 Å². The molecule has 4 heteroatoms. The van der Waals surface area contributed by atoms with Gasteiger partial charge in [0.15, 0.2) is 0 Å². The predicted octanol–water partition coefficient (Wildman–Crippen LogP) is 1.92. The van der Waals surface area contributed by atoms with Gasteiger partial charge in [-0.15, -0.1) is 0 Å². The van der Waals surface area contributed by atoms with E-state index in [4.69, 9.17) is 16.3 Å². The number of esters is 1. The highest BCUT2D eigenvalue weighted by molar-refractivity contribution is 6.31. The Balaban J connectivity index is 2.17. The lowest BCUT2D eigenvalue weighted by Gasteiger charge is -2.25. The molecule has 0 spiro atoms. The monoisotopic (exact) mass is 239 g/mol. The minimum absolute atomic E-state index is 0.201. The number of carbonyl (C=O) groups excluding carboxylic acids is 1. The number of benzene rings is 1. The molecule has 0 amide bonds. The zero-order valence-electron chi connectivity index (χ0n) is 9.13. The standard InChI is InChI=1S/C12H14ClNO2/c1-2-16-12(15)11-6-9-8(7-14-11)4-3-5-10(9)13/h3-5,11,14H,2,6-7H2,1H3/t11-/m1/s1. The molecule has 1 heterocycles. The van der Waals surface area contributed by atoms with Crippen LogP contribution in [0.1, 0.15) is 18.1 Å². The largest absolute Gasteiger partial charge is 0.465 e. The van der Waals surface area contributed by atoms with E-state index in [0.29, 0.717) is 19.6 Å². The molecule has 1 aliphatic heterocycles. The normalized spacial score (nSPS) is 19.0. The van der Waals surface area contributed by atoms with Crippen LogP contribution < -0.4 is 5.32 Å². The topological polar surface area (TPSA) is 38.3 Å². The SMILES string of the molecule is CCOC(=O)[C@H]1Cc2c(Cl)cccc2CN1. The quantitative estimate of drug-likeness (QED) is 0.802. The van der Waals surface area contributed by atoms with Crippen LogP contribution >= 0.6 is 11.6 Å². The van der Waals surface area contributed by atoms with Crippen LogP contribution in [0.25, 0.3) is 0 Å². The van der Waals surface area contributed by atoms with Crippen molar-refractivity contribution in [2.75, 3.05) is 6.61 Å². The highest BCUT2D eigenvalue weighted by Gasteiger charge is 2.26. The number of fused-ring (bicyclic) bond motifs is 1. The maximum absolute atomic E-state index is 11.6. The first kappa shape index (κ1) is 11.4. The summed E-state index contributed by atoms with van der Waals surface area (Å²) in [7, 11) is 0. The van der Waals surface area contributed by atoms with Crippen LogP contribution in [0.2, 0.25) is 5.02 Å². The van der Waals surface area contributed by atoms with Crippen LogP contribution in [0.15, 0.2) is 18.2 Å². The molecule has 1 aromatic carbocycles. The number of nitrogens with one attached hydrogen (secondary N) is 1. The van der Waals surface area contributed by atoms with Gasteiger partial charge in [-0.2, -0.15) is 0 Å². The molecule has 86 valence electrons. The van der Waals surface area contributed by atoms with Gasteiger partial charge in [-0.05, 0) is 24.1 Å². The molecule has 16 heavy (non-hydrogen) atoms. The maximum atomic E-state index is 11.6. The molecule has 0 unspecified atom stereocenters. The van der Waals surface area contributed by atoms with Crippen molar-refractivity contribution in [1.29, 1.82) is 0 Å². The molecular formula is C12H14ClNO2. The Morgan fingerprint density at radius 1 is 1.62 bits per heavy atom. The summed E-state index contributed by atoms with van der Waals surface area (Å²) in [5.41, 5.74) is 2.22. The Morgan fingerprint density at radius 3 is 3.19 bits per heavy atom. The molecule has 0 aromatic heterocycles. The fourth-order valence-electron chi connectivity index (χ4n) is 1.92. The van der Waals surface area contributed by atoms with E-state index >= 15 is 0 Å². The number of rotatable bonds is 2. The Labute approximate surface area is 99.7 Å². The third kappa shape index (κ3) is 2.20. The molecule has 1 N–H and O–H groups in total. The number of hydrogen-bond donors (Lipinski definition) is 1. The summed E-state index contributed by atoms with van der Waals surface area (Å²) in [5.74, 6) is -0.201. The average Bonchev–Trinajstić information content (AvgIpc) is 2.29. The van der Waals surface area contributed by atoms with Crippen LogP contribution in [0.4, 0.5) is 0 Å². The van der Waals surface area contributed by atoms with Gasteiger partial charge in [0, 0.05) is 18.0 Å². The number of halogens is 1. The number of ether oxygens (including phenoxy) is 1. The first-order valence-corrected chi connectivity index (χ1v) is 5.76. The lowest BCUT2D eigenvalue weighted by Crippen LogP contribution is -2.42. The molecule has 2 rings (SSSR count). The zero-order valence-corrected chi connectivity index (χ0v) is 9.88. The molecule has 0 radical (unpaired) electrons. The van der Waals surface area contributed by atoms with Crippen LogP contribution in [0.3, 0.4) is 0 Å². The summed E-state index contributed by atoms with van der Waals surface area (Å²) >= 11 is 6.11. The first-order valence-electron chi connectivity index (χ1n) is 5.38. The Morgan fingerprint density at radius 2 is 2.44 bits per heavy atom. The highest BCUT2D eigenvalue weighted by atomic mass is 35.5. The van der Waals surface area contributed by atoms with Crippen molar-refractivity contribution in [3.05, 3.63) is 34.3 Å². The smallest absolute Gasteiger partial charge is 0.323 e. The summed E-state index contributed by atoms with van der Waals surface area (Å²) in [5, 5.41) is 3.88. The van der Waals surface area contributed by atoms with Crippen molar-refractivity contribution >= 4 is 17.6 Å². The van der Waals surface area contributed by atoms with Crippen molar-refractivity contribution < 1.29 is 9.53 Å². The summed E-state index contributed by atoms with van der Waals surface area (Å²) < 4.78 is 4.99. The van der Waals surface area contributed by atoms with Crippen molar-refractivity contribution in [3.63, 3.8) is 0 Å². The van der Waals surface area contributed by atoms with Crippen molar-refractivity contribution in [2.24, 2.45) is 0 Å². The van der Waals surface area contributed by atoms with Gasteiger partial charge < -0.3 is 10.1 Å². The van der Waals surface area contributed by atoms with Crippen LogP contribution in [-0.4, -0.2) is 18.6 Å². The number of carbonyl (C=O) groups is 1. The van der Waals surface area contributed by atoms with Gasteiger partial charge in [0.2, 0.25) is 0 Å². The fourth-order valence-corrected chi connectivity index (χ4v) is 2.19. The van der Waals surface area contributed by atoms with Gasteiger partial charge in [0.25, 0.3) is 0 Å². The van der Waals surface area contributed by atoms with Gasteiger partial charge in [-0.1, -0.05) is 23.7 Å². The van der Waals surface area contributed by atoms with Gasteiger partial charge in [0.05, 0.1) is 6.61 Å². The maximum Gasteiger partial charge on any atom is 0.323 e. The van der Waals surface area contributed by atoms with Crippen LogP contribution in [0.5, 0.6) is 0 Å². The first-order chi connectivity index (χ1) is 7.72. The van der Waals surface area contributed by atoms with E-state index in [-0.39, 0.29) is 12.0 Å². The second-order valence-electron chi connectivity index (χ2n) is 3.77. The molecule has 1 aromatic rings. The van der Waals surface area contributed by atoms with Gasteiger partial charge in [-0.3, -0.25) is 4.79 Å². The summed E-state index contributed by atoms with van der Waals surface area (Å²) in [6, 6.07) is 5.53. The second-order valence-corrected chi connectivity index (χ2v) is 4.17. The van der Waals surface area contributed by atoms with Crippen LogP contribution in [-0.2, 0) is 22.5 Å². The van der Waals surface area contributed by atoms with Crippen molar-refractivity contribution in [3.8, 4) is 0 Å². The van der Waals surface area contributed by atoms with E-state index in [9.17, 15) is 4.79 Å². The minimum Gasteiger partial charge on any atom is -0.465 e. The Bertz CT molecular complexity index is 406. The van der Waals surface area contributed by atoms with Gasteiger partial charge in [-0.25, -0.2) is 0 Å². The lowest BCUT2D eigenvalue weighted by atomic mass is 9.96. The summed E-state index contributed by atoms with van der Waals surface area (Å²) in [6.07, 6.45) is 0.605. The molecule has 1 atom stereocenters. The van der Waals surface area contributed by atoms with E-state index in [1.54, 1.807) is 0 Å². The van der Waals surface area contributed by atoms with E-state index in [2.05, 4.69) is 5.32 Å². The molecule has 0 saturated heterocycles. The van der Waals surface area contributed by atoms with Crippen molar-refractivity contribution in [2.45, 2.75) is 25.9 Å². The number of hydrogen-bond acceptors (Lipinski definition) is 3. The van der Waals surface area contributed by atoms with E-state index < -0.39 is 0 Å². The average molecular weight is 240 g/mol. The van der Waals surface area contributed by atoms with E-state index in [1.165, 1.54) is 0 Å². The second kappa shape index (κ2) is 4.85. The zero-order chi connectivity index (χ0) is 11.5. The van der Waals surface area contributed by atoms with Crippen LogP contribution in [0, 0.1) is 0 Å². The predicted molar refractivity (Wildman–Crippen MR) is 62.4 cm³/mol. The fraction of sp³-hybridized carbons (Fsp3) is 0.417. The third-order valence-electron chi connectivity index (χ3n) is 2.73. The minimum atomic E-state index is -0.271. The summed E-state index contributed by atoms with van der Waals surface area (Å²) in [6.45, 7) is 2.88. The molecule has 0 aliphatic carbocycles. The Kier molecular flexibility index (Phi) is 3.46. The van der Waals surface area contributed by atoms with E-state index in [0.717, 1.165) is 16.1 Å².